The first-order chi connectivity index (χ1) is 14.1. The highest BCUT2D eigenvalue weighted by Crippen LogP contribution is 2.30. The summed E-state index contributed by atoms with van der Waals surface area (Å²) in [5.41, 5.74) is 8.57. The number of halogens is 1. The number of hydrogen-bond donors (Lipinski definition) is 2. The Morgan fingerprint density at radius 1 is 1.17 bits per heavy atom. The first kappa shape index (κ1) is 19.8. The number of benzene rings is 1. The van der Waals surface area contributed by atoms with Crippen LogP contribution in [-0.4, -0.2) is 32.3 Å². The summed E-state index contributed by atoms with van der Waals surface area (Å²) in [5, 5.41) is 9.07. The number of anilines is 1. The van der Waals surface area contributed by atoms with Crippen LogP contribution in [0.1, 0.15) is 45.4 Å². The second kappa shape index (κ2) is 8.86. The molecule has 29 heavy (non-hydrogen) atoms. The molecule has 3 aromatic rings. The van der Waals surface area contributed by atoms with Gasteiger partial charge in [-0.1, -0.05) is 13.3 Å². The Morgan fingerprint density at radius 3 is 2.66 bits per heavy atom. The van der Waals surface area contributed by atoms with Gasteiger partial charge in [0.25, 0.3) is 0 Å². The van der Waals surface area contributed by atoms with E-state index in [2.05, 4.69) is 17.2 Å². The van der Waals surface area contributed by atoms with Gasteiger partial charge in [0.05, 0.1) is 5.39 Å². The number of hydrogen-bond acceptors (Lipinski definition) is 5. The van der Waals surface area contributed by atoms with Crippen LogP contribution in [0, 0.1) is 11.7 Å². The van der Waals surface area contributed by atoms with Crippen LogP contribution in [0.25, 0.3) is 22.3 Å². The van der Waals surface area contributed by atoms with E-state index in [0.29, 0.717) is 17.9 Å². The van der Waals surface area contributed by atoms with Gasteiger partial charge in [-0.25, -0.2) is 14.1 Å². The van der Waals surface area contributed by atoms with Crippen LogP contribution in [0.3, 0.4) is 0 Å². The number of nitrogens with zero attached hydrogens (tertiary/aromatic N) is 4. The number of unbranched alkanes of at least 4 members (excludes halogenated alkanes) is 1. The zero-order valence-corrected chi connectivity index (χ0v) is 16.9. The van der Waals surface area contributed by atoms with E-state index in [9.17, 15) is 4.39 Å². The molecule has 0 unspecified atom stereocenters. The molecule has 2 heterocycles. The van der Waals surface area contributed by atoms with E-state index in [1.807, 2.05) is 10.9 Å². The number of rotatable bonds is 7. The third-order valence-corrected chi connectivity index (χ3v) is 5.74. The van der Waals surface area contributed by atoms with Gasteiger partial charge in [-0.15, -0.1) is 0 Å². The van der Waals surface area contributed by atoms with Crippen molar-refractivity contribution in [2.24, 2.45) is 11.7 Å². The van der Waals surface area contributed by atoms with Crippen molar-refractivity contribution in [3.63, 3.8) is 0 Å². The molecule has 6 nitrogen and oxygen atoms in total. The molecule has 2 aromatic heterocycles. The third-order valence-electron chi connectivity index (χ3n) is 5.74. The molecule has 1 fully saturated rings. The maximum absolute atomic E-state index is 13.4. The molecule has 0 atom stereocenters. The number of nitrogens with two attached hydrogens (primary N) is 1. The Hall–Kier alpha value is -2.54. The summed E-state index contributed by atoms with van der Waals surface area (Å²) in [6, 6.07) is 6.77. The largest absolute Gasteiger partial charge is 0.354 e. The van der Waals surface area contributed by atoms with Gasteiger partial charge in [0.15, 0.2) is 5.65 Å². The lowest BCUT2D eigenvalue weighted by Gasteiger charge is -2.25. The zero-order valence-electron chi connectivity index (χ0n) is 16.9. The maximum Gasteiger partial charge on any atom is 0.224 e. The van der Waals surface area contributed by atoms with Crippen molar-refractivity contribution in [3.05, 3.63) is 36.3 Å². The highest BCUT2D eigenvalue weighted by Gasteiger charge is 2.22. The first-order valence-corrected chi connectivity index (χ1v) is 10.6. The van der Waals surface area contributed by atoms with E-state index in [4.69, 9.17) is 15.8 Å². The van der Waals surface area contributed by atoms with E-state index in [0.717, 1.165) is 73.9 Å². The molecule has 7 heteroatoms. The Balaban J connectivity index is 1.68. The fourth-order valence-electron chi connectivity index (χ4n) is 3.98. The Bertz CT molecular complexity index is 944. The van der Waals surface area contributed by atoms with Crippen molar-refractivity contribution in [1.82, 2.24) is 19.7 Å². The van der Waals surface area contributed by atoms with Gasteiger partial charge < -0.3 is 11.1 Å². The van der Waals surface area contributed by atoms with Gasteiger partial charge in [-0.3, -0.25) is 0 Å². The van der Waals surface area contributed by atoms with Crippen molar-refractivity contribution >= 4 is 17.0 Å². The molecule has 1 aromatic carbocycles. The summed E-state index contributed by atoms with van der Waals surface area (Å²) in [7, 11) is 0. The van der Waals surface area contributed by atoms with Crippen molar-refractivity contribution in [1.29, 1.82) is 0 Å². The molecule has 1 saturated carbocycles. The summed E-state index contributed by atoms with van der Waals surface area (Å²) in [4.78, 5) is 9.26. The summed E-state index contributed by atoms with van der Waals surface area (Å²) >= 11 is 0. The topological polar surface area (TPSA) is 81.7 Å². The van der Waals surface area contributed by atoms with Crippen molar-refractivity contribution in [3.8, 4) is 11.3 Å². The molecule has 0 aliphatic heterocycles. The van der Waals surface area contributed by atoms with E-state index in [-0.39, 0.29) is 5.82 Å². The minimum absolute atomic E-state index is 0.255. The summed E-state index contributed by atoms with van der Waals surface area (Å²) < 4.78 is 15.4. The molecule has 1 aliphatic carbocycles. The lowest BCUT2D eigenvalue weighted by atomic mass is 9.86. The summed E-state index contributed by atoms with van der Waals surface area (Å²) in [6.07, 6.45) is 8.37. The standard InChI is InChI=1S/C22H29FN6/c1-2-3-12-25-22-26-13-19-20(16-6-8-17(23)9-7-16)28-29(21(19)27-22)14-15-4-10-18(24)11-5-15/h6-9,13,15,18H,2-5,10-12,14,24H2,1H3,(H,25,26,27)/t15-,18-. The Labute approximate surface area is 170 Å². The fraction of sp³-hybridized carbons (Fsp3) is 0.500. The average Bonchev–Trinajstić information content (AvgIpc) is 3.08. The number of nitrogens with one attached hydrogen (secondary N) is 1. The number of fused-ring (bicyclic) bond motifs is 1. The normalized spacial score (nSPS) is 19.6. The molecular weight excluding hydrogens is 367 g/mol. The van der Waals surface area contributed by atoms with E-state index in [1.165, 1.54) is 12.1 Å². The molecule has 154 valence electrons. The molecule has 0 radical (unpaired) electrons. The molecular formula is C22H29FN6. The monoisotopic (exact) mass is 396 g/mol. The molecule has 0 saturated heterocycles. The van der Waals surface area contributed by atoms with Crippen LogP contribution >= 0.6 is 0 Å². The van der Waals surface area contributed by atoms with Crippen LogP contribution in [0.2, 0.25) is 0 Å². The zero-order chi connectivity index (χ0) is 20.2. The van der Waals surface area contributed by atoms with Gasteiger partial charge in [0.1, 0.15) is 11.5 Å². The smallest absolute Gasteiger partial charge is 0.224 e. The van der Waals surface area contributed by atoms with E-state index < -0.39 is 0 Å². The summed E-state index contributed by atoms with van der Waals surface area (Å²) in [5.74, 6) is 0.920. The Morgan fingerprint density at radius 2 is 1.93 bits per heavy atom. The molecule has 1 aliphatic rings. The fourth-order valence-corrected chi connectivity index (χ4v) is 3.98. The van der Waals surface area contributed by atoms with Crippen LogP contribution < -0.4 is 11.1 Å². The lowest BCUT2D eigenvalue weighted by Crippen LogP contribution is -2.28. The summed E-state index contributed by atoms with van der Waals surface area (Å²) in [6.45, 7) is 3.82. The molecule has 3 N–H and O–H groups in total. The predicted octanol–water partition coefficient (Wildman–Crippen LogP) is 4.36. The van der Waals surface area contributed by atoms with E-state index in [1.54, 1.807) is 12.1 Å². The van der Waals surface area contributed by atoms with Crippen LogP contribution in [0.4, 0.5) is 10.3 Å². The second-order valence-corrected chi connectivity index (χ2v) is 8.03. The average molecular weight is 397 g/mol. The Kier molecular flexibility index (Phi) is 6.04. The minimum Gasteiger partial charge on any atom is -0.354 e. The molecule has 4 rings (SSSR count). The molecule has 0 amide bonds. The van der Waals surface area contributed by atoms with Gasteiger partial charge in [-0.05, 0) is 62.3 Å². The van der Waals surface area contributed by atoms with Crippen LogP contribution in [-0.2, 0) is 6.54 Å². The third kappa shape index (κ3) is 4.56. The van der Waals surface area contributed by atoms with Gasteiger partial charge in [0.2, 0.25) is 5.95 Å². The van der Waals surface area contributed by atoms with Gasteiger partial charge in [0, 0.05) is 30.9 Å². The van der Waals surface area contributed by atoms with E-state index >= 15 is 0 Å². The van der Waals surface area contributed by atoms with Crippen molar-refractivity contribution < 1.29 is 4.39 Å². The van der Waals surface area contributed by atoms with Crippen LogP contribution in [0.15, 0.2) is 30.5 Å². The predicted molar refractivity (Wildman–Crippen MR) is 114 cm³/mol. The molecule has 0 bridgehead atoms. The lowest BCUT2D eigenvalue weighted by molar-refractivity contribution is 0.288. The van der Waals surface area contributed by atoms with Gasteiger partial charge in [-0.2, -0.15) is 10.1 Å². The van der Waals surface area contributed by atoms with Crippen molar-refractivity contribution in [2.45, 2.75) is 58.0 Å². The minimum atomic E-state index is -0.255. The number of aromatic nitrogens is 4. The quantitative estimate of drug-likeness (QED) is 0.580. The molecule has 0 spiro atoms. The highest BCUT2D eigenvalue weighted by atomic mass is 19.1. The van der Waals surface area contributed by atoms with Crippen LogP contribution in [0.5, 0.6) is 0 Å². The first-order valence-electron chi connectivity index (χ1n) is 10.6. The highest BCUT2D eigenvalue weighted by molar-refractivity contribution is 5.91. The van der Waals surface area contributed by atoms with Gasteiger partial charge >= 0.3 is 0 Å². The SMILES string of the molecule is CCCCNc1ncc2c(-c3ccc(F)cc3)nn(C[C@H]3CC[C@H](N)CC3)c2n1. The van der Waals surface area contributed by atoms with Crippen molar-refractivity contribution in [2.75, 3.05) is 11.9 Å². The maximum atomic E-state index is 13.4. The second-order valence-electron chi connectivity index (χ2n) is 8.03.